The minimum atomic E-state index is -0.195. The molecule has 7 heteroatoms. The second kappa shape index (κ2) is 9.52. The standard InChI is InChI=1S/C22H28FN5O/c1-24-22(25-12-15-8-9-19(23)17(10-15)14-28(2)3)26-13-16-11-21(29)27-20-7-5-4-6-18(16)20/h4-10,16H,11-14H2,1-3H3,(H,27,29)(H2,24,25,26). The molecule has 0 saturated carbocycles. The maximum Gasteiger partial charge on any atom is 0.225 e. The summed E-state index contributed by atoms with van der Waals surface area (Å²) in [5, 5.41) is 9.48. The van der Waals surface area contributed by atoms with Crippen molar-refractivity contribution < 1.29 is 9.18 Å². The number of carbonyl (C=O) groups excluding carboxylic acids is 1. The first kappa shape index (κ1) is 20.8. The second-order valence-corrected chi connectivity index (χ2v) is 7.51. The highest BCUT2D eigenvalue weighted by Gasteiger charge is 2.24. The molecule has 2 aromatic carbocycles. The van der Waals surface area contributed by atoms with E-state index in [0.717, 1.165) is 16.8 Å². The van der Waals surface area contributed by atoms with Crippen molar-refractivity contribution in [1.82, 2.24) is 15.5 Å². The van der Waals surface area contributed by atoms with Gasteiger partial charge in [0.05, 0.1) is 0 Å². The minimum Gasteiger partial charge on any atom is -0.356 e. The zero-order valence-electron chi connectivity index (χ0n) is 17.1. The van der Waals surface area contributed by atoms with E-state index in [2.05, 4.69) is 20.9 Å². The van der Waals surface area contributed by atoms with Gasteiger partial charge in [0.1, 0.15) is 5.82 Å². The third-order valence-electron chi connectivity index (χ3n) is 4.90. The van der Waals surface area contributed by atoms with Crippen LogP contribution >= 0.6 is 0 Å². The first-order valence-electron chi connectivity index (χ1n) is 9.71. The van der Waals surface area contributed by atoms with Crippen molar-refractivity contribution in [2.75, 3.05) is 33.0 Å². The maximum atomic E-state index is 14.0. The number of nitrogens with one attached hydrogen (secondary N) is 3. The molecule has 6 nitrogen and oxygen atoms in total. The van der Waals surface area contributed by atoms with E-state index in [1.165, 1.54) is 6.07 Å². The molecule has 0 bridgehead atoms. The van der Waals surface area contributed by atoms with Crippen molar-refractivity contribution in [3.63, 3.8) is 0 Å². The summed E-state index contributed by atoms with van der Waals surface area (Å²) in [6.45, 7) is 1.68. The first-order chi connectivity index (χ1) is 14.0. The number of carbonyl (C=O) groups is 1. The number of halogens is 1. The Balaban J connectivity index is 1.59. The molecule has 154 valence electrons. The number of hydrogen-bond donors (Lipinski definition) is 3. The molecule has 0 fully saturated rings. The van der Waals surface area contributed by atoms with Crippen LogP contribution in [0.5, 0.6) is 0 Å². The van der Waals surface area contributed by atoms with E-state index in [4.69, 9.17) is 0 Å². The van der Waals surface area contributed by atoms with Gasteiger partial charge >= 0.3 is 0 Å². The molecule has 1 amide bonds. The summed E-state index contributed by atoms with van der Waals surface area (Å²) in [5.41, 5.74) is 3.65. The van der Waals surface area contributed by atoms with Gasteiger partial charge in [0.25, 0.3) is 0 Å². The molecule has 1 atom stereocenters. The molecule has 29 heavy (non-hydrogen) atoms. The van der Waals surface area contributed by atoms with Crippen LogP contribution < -0.4 is 16.0 Å². The monoisotopic (exact) mass is 397 g/mol. The van der Waals surface area contributed by atoms with Gasteiger partial charge in [-0.25, -0.2) is 4.39 Å². The van der Waals surface area contributed by atoms with Gasteiger partial charge in [-0.05, 0) is 43.4 Å². The summed E-state index contributed by atoms with van der Waals surface area (Å²) in [6.07, 6.45) is 0.437. The Morgan fingerprint density at radius 1 is 1.24 bits per heavy atom. The Morgan fingerprint density at radius 3 is 2.79 bits per heavy atom. The summed E-state index contributed by atoms with van der Waals surface area (Å²) >= 11 is 0. The Bertz CT molecular complexity index is 897. The Kier molecular flexibility index (Phi) is 6.82. The molecule has 2 aromatic rings. The largest absolute Gasteiger partial charge is 0.356 e. The van der Waals surface area contributed by atoms with Crippen molar-refractivity contribution in [3.05, 3.63) is 65.0 Å². The average Bonchev–Trinajstić information content (AvgIpc) is 2.69. The molecule has 0 radical (unpaired) electrons. The van der Waals surface area contributed by atoms with Gasteiger partial charge in [-0.3, -0.25) is 9.79 Å². The minimum absolute atomic E-state index is 0.0261. The number of nitrogens with zero attached hydrogens (tertiary/aromatic N) is 2. The molecular weight excluding hydrogens is 369 g/mol. The molecule has 1 aliphatic heterocycles. The molecule has 1 heterocycles. The van der Waals surface area contributed by atoms with E-state index in [0.29, 0.717) is 37.6 Å². The highest BCUT2D eigenvalue weighted by atomic mass is 19.1. The van der Waals surface area contributed by atoms with Crippen LogP contribution in [0.25, 0.3) is 0 Å². The lowest BCUT2D eigenvalue weighted by molar-refractivity contribution is -0.116. The van der Waals surface area contributed by atoms with E-state index >= 15 is 0 Å². The van der Waals surface area contributed by atoms with Crippen molar-refractivity contribution in [1.29, 1.82) is 0 Å². The normalized spacial score (nSPS) is 16.4. The van der Waals surface area contributed by atoms with Crippen molar-refractivity contribution in [2.45, 2.75) is 25.4 Å². The smallest absolute Gasteiger partial charge is 0.225 e. The molecule has 0 saturated heterocycles. The predicted octanol–water partition coefficient (Wildman–Crippen LogP) is 2.68. The van der Waals surface area contributed by atoms with Gasteiger partial charge in [-0.2, -0.15) is 0 Å². The molecule has 3 rings (SSSR count). The van der Waals surface area contributed by atoms with E-state index in [9.17, 15) is 9.18 Å². The number of amides is 1. The van der Waals surface area contributed by atoms with Crippen molar-refractivity contribution in [3.8, 4) is 0 Å². The molecule has 0 aromatic heterocycles. The number of anilines is 1. The van der Waals surface area contributed by atoms with E-state index < -0.39 is 0 Å². The van der Waals surface area contributed by atoms with E-state index in [1.807, 2.05) is 49.3 Å². The van der Waals surface area contributed by atoms with Gasteiger partial charge < -0.3 is 20.9 Å². The lowest BCUT2D eigenvalue weighted by Crippen LogP contribution is -2.40. The van der Waals surface area contributed by atoms with E-state index in [-0.39, 0.29) is 17.6 Å². The third kappa shape index (κ3) is 5.54. The zero-order chi connectivity index (χ0) is 20.8. The van der Waals surface area contributed by atoms with Gasteiger partial charge in [0.2, 0.25) is 5.91 Å². The van der Waals surface area contributed by atoms with Crippen LogP contribution in [-0.4, -0.2) is 44.5 Å². The number of hydrogen-bond acceptors (Lipinski definition) is 3. The van der Waals surface area contributed by atoms with Gasteiger partial charge in [0, 0.05) is 50.3 Å². The Morgan fingerprint density at radius 2 is 2.03 bits per heavy atom. The Labute approximate surface area is 171 Å². The SMILES string of the molecule is CN=C(NCc1ccc(F)c(CN(C)C)c1)NCC1CC(=O)Nc2ccccc21. The summed E-state index contributed by atoms with van der Waals surface area (Å²) in [6, 6.07) is 13.0. The van der Waals surface area contributed by atoms with Gasteiger partial charge in [-0.15, -0.1) is 0 Å². The quantitative estimate of drug-likeness (QED) is 0.518. The van der Waals surface area contributed by atoms with Crippen molar-refractivity contribution in [2.24, 2.45) is 4.99 Å². The summed E-state index contributed by atoms with van der Waals surface area (Å²) in [5.74, 6) is 0.556. The molecule has 1 aliphatic rings. The van der Waals surface area contributed by atoms with Crippen molar-refractivity contribution >= 4 is 17.6 Å². The second-order valence-electron chi connectivity index (χ2n) is 7.51. The summed E-state index contributed by atoms with van der Waals surface area (Å²) in [4.78, 5) is 18.2. The molecule has 3 N–H and O–H groups in total. The Hall–Kier alpha value is -2.93. The summed E-state index contributed by atoms with van der Waals surface area (Å²) < 4.78 is 14.0. The molecule has 1 unspecified atom stereocenters. The van der Waals surface area contributed by atoms with Gasteiger partial charge in [-0.1, -0.05) is 24.3 Å². The third-order valence-corrected chi connectivity index (χ3v) is 4.90. The van der Waals surface area contributed by atoms with Crippen LogP contribution in [0.4, 0.5) is 10.1 Å². The van der Waals surface area contributed by atoms with Crippen LogP contribution in [0.2, 0.25) is 0 Å². The number of rotatable bonds is 6. The van der Waals surface area contributed by atoms with Crippen LogP contribution in [0, 0.1) is 5.82 Å². The molecule has 0 aliphatic carbocycles. The molecular formula is C22H28FN5O. The average molecular weight is 397 g/mol. The topological polar surface area (TPSA) is 68.8 Å². The zero-order valence-corrected chi connectivity index (χ0v) is 17.1. The highest BCUT2D eigenvalue weighted by Crippen LogP contribution is 2.31. The lowest BCUT2D eigenvalue weighted by atomic mass is 9.90. The van der Waals surface area contributed by atoms with Gasteiger partial charge in [0.15, 0.2) is 5.96 Å². The fourth-order valence-corrected chi connectivity index (χ4v) is 3.51. The highest BCUT2D eigenvalue weighted by molar-refractivity contribution is 5.94. The number of guanidine groups is 1. The number of benzene rings is 2. The van der Waals surface area contributed by atoms with Crippen LogP contribution in [0.1, 0.15) is 29.0 Å². The molecule has 0 spiro atoms. The van der Waals surface area contributed by atoms with Crippen LogP contribution in [-0.2, 0) is 17.9 Å². The fraction of sp³-hybridized carbons (Fsp3) is 0.364. The maximum absolute atomic E-state index is 14.0. The summed E-state index contributed by atoms with van der Waals surface area (Å²) in [7, 11) is 5.54. The lowest BCUT2D eigenvalue weighted by Gasteiger charge is -2.26. The van der Waals surface area contributed by atoms with Crippen LogP contribution in [0.15, 0.2) is 47.5 Å². The number of aliphatic imine (C=N–C) groups is 1. The first-order valence-corrected chi connectivity index (χ1v) is 9.71. The number of para-hydroxylation sites is 1. The van der Waals surface area contributed by atoms with E-state index in [1.54, 1.807) is 13.1 Å². The number of fused-ring (bicyclic) bond motifs is 1. The predicted molar refractivity (Wildman–Crippen MR) is 114 cm³/mol. The van der Waals surface area contributed by atoms with Crippen LogP contribution in [0.3, 0.4) is 0 Å². The fourth-order valence-electron chi connectivity index (χ4n) is 3.51.